The van der Waals surface area contributed by atoms with Crippen LogP contribution < -0.4 is 23.6 Å². The number of carbonyl (C=O) groups is 5. The molecule has 5 aromatic carbocycles. The maximum Gasteiger partial charge on any atom is 0.324 e. The molecule has 5 heterocycles. The van der Waals surface area contributed by atoms with E-state index in [1.54, 1.807) is 107 Å². The van der Waals surface area contributed by atoms with Crippen molar-refractivity contribution >= 4 is 80.0 Å². The van der Waals surface area contributed by atoms with Crippen LogP contribution >= 0.6 is 0 Å². The van der Waals surface area contributed by atoms with Crippen LogP contribution in [-0.2, 0) is 121 Å². The lowest BCUT2D eigenvalue weighted by Crippen LogP contribution is -2.49. The Hall–Kier alpha value is -8.74. The largest absolute Gasteiger partial charge is 0.465 e. The van der Waals surface area contributed by atoms with Crippen molar-refractivity contribution in [1.29, 1.82) is 10.5 Å². The van der Waals surface area contributed by atoms with Crippen molar-refractivity contribution in [2.24, 2.45) is 29.6 Å². The lowest BCUT2D eigenvalue weighted by Gasteiger charge is -2.26. The van der Waals surface area contributed by atoms with Crippen LogP contribution in [0.25, 0.3) is 0 Å². The van der Waals surface area contributed by atoms with Gasteiger partial charge >= 0.3 is 29.8 Å². The number of aryl methyl sites for hydroxylation is 5. The molecular weight excluding hydrogens is 1660 g/mol. The number of nitrogens with one attached hydrogen (secondary N) is 5. The molecule has 5 aliphatic heterocycles. The van der Waals surface area contributed by atoms with Crippen LogP contribution in [0.15, 0.2) is 171 Å². The average Bonchev–Trinajstić information content (AvgIpc) is 1.47. The summed E-state index contributed by atoms with van der Waals surface area (Å²) in [5, 5.41) is 18.3. The zero-order valence-corrected chi connectivity index (χ0v) is 73.2. The minimum absolute atomic E-state index is 0.0508. The van der Waals surface area contributed by atoms with E-state index in [9.17, 15) is 66.1 Å². The van der Waals surface area contributed by atoms with Gasteiger partial charge in [0.1, 0.15) is 42.4 Å². The van der Waals surface area contributed by atoms with Gasteiger partial charge in [-0.25, -0.2) is 42.1 Å². The standard InChI is InChI=1S/2C18H25NO5S.2C16H20N2O5S.C15H21NO5S/c2*1-4-6-16-15(11-12-24-16)17(18(20)23-5-2)19-25(21,22)14-9-7-13(3)8-10-14;2*1-3-22-16(19)15(13-8-9-23-14(13)10-17)18-24(20,21)12-6-4-11(2)5-7-12;1-3-21-15(17)14(12-8-9-20-10-12)16-22(18,19)13-6-4-11(2)5-7-13/h2*4,7-10,15-17,19H,1,5-6,11-12H2,2-3H3;2*4-7,13-15,18H,3,8-9H2,1-2H3;4-7,12,14,16H,3,8-10H2,1-2H3/t15-,16+,17+;15-,16-,17+;13-,14+,15+;13-,14-,15+;12-,14+/m11111/s1. The number of hydrogen-bond acceptors (Lipinski definition) is 27. The number of benzene rings is 5. The van der Waals surface area contributed by atoms with E-state index in [4.69, 9.17) is 57.9 Å². The van der Waals surface area contributed by atoms with Crippen LogP contribution in [0, 0.1) is 86.9 Å². The van der Waals surface area contributed by atoms with Gasteiger partial charge in [0.15, 0.2) is 0 Å². The van der Waals surface area contributed by atoms with Gasteiger partial charge in [0.2, 0.25) is 50.1 Å². The molecule has 0 radical (unpaired) electrons. The highest BCUT2D eigenvalue weighted by molar-refractivity contribution is 7.90. The third-order valence-electron chi connectivity index (χ3n) is 19.8. The molecule has 5 aliphatic rings. The monoisotopic (exact) mass is 1770 g/mol. The molecule has 5 saturated heterocycles. The highest BCUT2D eigenvalue weighted by Gasteiger charge is 2.46. The quantitative estimate of drug-likeness (QED) is 0.0148. The molecule has 0 bridgehead atoms. The van der Waals surface area contributed by atoms with E-state index in [1.165, 1.54) is 60.7 Å². The van der Waals surface area contributed by atoms with Gasteiger partial charge < -0.3 is 47.4 Å². The first-order valence-electron chi connectivity index (χ1n) is 39.3. The van der Waals surface area contributed by atoms with Crippen molar-refractivity contribution in [3.8, 4) is 12.1 Å². The SMILES string of the molecule is C=CC[C@@H]1OCC[C@H]1[C@H](NS(=O)(=O)c1ccc(C)cc1)C(=O)OCC.C=CC[C@H]1OCC[C@H]1[C@H](NS(=O)(=O)c1ccc(C)cc1)C(=O)OCC.CCOC(=O)[C@@H](NS(=O)(=O)c1ccc(C)cc1)[C@@H]1CCOC1.CCOC(=O)[C@@H](NS(=O)(=O)c1ccc(C)cc1)[C@@H]1CCO[C@@H]1C#N.CCOC(=O)[C@@H](NS(=O)(=O)c1ccc(C)cc1)[C@@H]1CCO[C@H]1C#N. The average molecular weight is 1770 g/mol. The van der Waals surface area contributed by atoms with Crippen LogP contribution in [0.2, 0.25) is 0 Å². The van der Waals surface area contributed by atoms with Crippen molar-refractivity contribution in [2.75, 3.05) is 72.7 Å². The third kappa shape index (κ3) is 29.5. The Kier molecular flexibility index (Phi) is 40.2. The molecule has 5 N–H and O–H groups in total. The minimum atomic E-state index is -3.92. The Morgan fingerprint density at radius 1 is 0.367 bits per heavy atom. The fourth-order valence-corrected chi connectivity index (χ4v) is 19.6. The van der Waals surface area contributed by atoms with E-state index < -0.39 is 134 Å². The van der Waals surface area contributed by atoms with E-state index in [0.29, 0.717) is 84.6 Å². The number of esters is 5. The van der Waals surface area contributed by atoms with Gasteiger partial charge in [-0.2, -0.15) is 34.1 Å². The number of ether oxygens (including phenoxy) is 10. The molecule has 658 valence electrons. The molecule has 0 aromatic heterocycles. The Labute approximate surface area is 705 Å². The van der Waals surface area contributed by atoms with Crippen LogP contribution in [0.1, 0.15) is 107 Å². The molecule has 37 heteroatoms. The van der Waals surface area contributed by atoms with Gasteiger partial charge in [0, 0.05) is 62.6 Å². The van der Waals surface area contributed by atoms with E-state index in [0.717, 1.165) is 27.8 Å². The second-order valence-corrected chi connectivity index (χ2v) is 37.0. The van der Waals surface area contributed by atoms with Crippen molar-refractivity contribution in [3.63, 3.8) is 0 Å². The van der Waals surface area contributed by atoms with Gasteiger partial charge in [0.05, 0.1) is 88.5 Å². The van der Waals surface area contributed by atoms with Crippen LogP contribution in [-0.4, -0.2) is 199 Å². The van der Waals surface area contributed by atoms with E-state index in [1.807, 2.05) is 46.8 Å². The van der Waals surface area contributed by atoms with E-state index >= 15 is 0 Å². The molecule has 0 amide bonds. The van der Waals surface area contributed by atoms with Gasteiger partial charge in [0.25, 0.3) is 0 Å². The summed E-state index contributed by atoms with van der Waals surface area (Å²) in [7, 11) is -19.3. The molecule has 14 atom stereocenters. The number of carbonyl (C=O) groups excluding carboxylic acids is 5. The number of nitriles is 2. The molecule has 120 heavy (non-hydrogen) atoms. The van der Waals surface area contributed by atoms with Gasteiger partial charge in [-0.15, -0.1) is 13.2 Å². The fraction of sp³-hybridized carbons (Fsp3) is 0.506. The second kappa shape index (κ2) is 48.2. The lowest BCUT2D eigenvalue weighted by atomic mass is 9.91. The van der Waals surface area contributed by atoms with Gasteiger partial charge in [-0.05, 0) is 175 Å². The zero-order chi connectivity index (χ0) is 88.5. The van der Waals surface area contributed by atoms with Crippen LogP contribution in [0.4, 0.5) is 0 Å². The van der Waals surface area contributed by atoms with Crippen molar-refractivity contribution in [2.45, 2.75) is 193 Å². The Morgan fingerprint density at radius 2 is 0.592 bits per heavy atom. The first-order valence-corrected chi connectivity index (χ1v) is 46.7. The number of rotatable bonds is 34. The summed E-state index contributed by atoms with van der Waals surface area (Å²) in [6, 6.07) is 30.7. The number of nitrogens with zero attached hydrogens (tertiary/aromatic N) is 2. The van der Waals surface area contributed by atoms with Crippen molar-refractivity contribution < 1.29 is 113 Å². The molecule has 0 spiro atoms. The minimum Gasteiger partial charge on any atom is -0.465 e. The summed E-state index contributed by atoms with van der Waals surface area (Å²) in [6.07, 6.45) is 4.90. The first-order chi connectivity index (χ1) is 57.0. The second-order valence-electron chi connectivity index (χ2n) is 28.5. The molecular formula is C83H111N7O25S5. The van der Waals surface area contributed by atoms with Crippen LogP contribution in [0.5, 0.6) is 0 Å². The summed E-state index contributed by atoms with van der Waals surface area (Å²) in [6.45, 7) is 28.3. The first kappa shape index (κ1) is 100. The summed E-state index contributed by atoms with van der Waals surface area (Å²) in [4.78, 5) is 61.9. The zero-order valence-electron chi connectivity index (χ0n) is 69.1. The lowest BCUT2D eigenvalue weighted by molar-refractivity contribution is -0.148. The Morgan fingerprint density at radius 3 is 0.817 bits per heavy atom. The summed E-state index contributed by atoms with van der Waals surface area (Å²) < 4.78 is 191. The number of sulfonamides is 5. The third-order valence-corrected chi connectivity index (χ3v) is 27.1. The van der Waals surface area contributed by atoms with Crippen LogP contribution in [0.3, 0.4) is 0 Å². The van der Waals surface area contributed by atoms with Gasteiger partial charge in [-0.1, -0.05) is 101 Å². The van der Waals surface area contributed by atoms with E-state index in [2.05, 4.69) is 36.8 Å². The molecule has 0 aliphatic carbocycles. The fourth-order valence-electron chi connectivity index (χ4n) is 13.4. The summed E-state index contributed by atoms with van der Waals surface area (Å²) >= 11 is 0. The smallest absolute Gasteiger partial charge is 0.324 e. The topological polar surface area (TPSA) is 456 Å². The molecule has 5 aromatic rings. The predicted molar refractivity (Wildman–Crippen MR) is 441 cm³/mol. The summed E-state index contributed by atoms with van der Waals surface area (Å²) in [5.41, 5.74) is 4.71. The summed E-state index contributed by atoms with van der Waals surface area (Å²) in [5.74, 6) is -5.11. The molecule has 0 unspecified atom stereocenters. The molecule has 5 fully saturated rings. The van der Waals surface area contributed by atoms with Gasteiger partial charge in [-0.3, -0.25) is 24.0 Å². The maximum absolute atomic E-state index is 12.7. The molecule has 10 rings (SSSR count). The number of hydrogen-bond donors (Lipinski definition) is 5. The molecule has 0 saturated carbocycles. The van der Waals surface area contributed by atoms with Crippen molar-refractivity contribution in [1.82, 2.24) is 23.6 Å². The Balaban J connectivity index is 0.000000233. The van der Waals surface area contributed by atoms with E-state index in [-0.39, 0.29) is 87.5 Å². The normalized spacial score (nSPS) is 21.4. The highest BCUT2D eigenvalue weighted by atomic mass is 32.2. The predicted octanol–water partition coefficient (Wildman–Crippen LogP) is 7.88. The highest BCUT2D eigenvalue weighted by Crippen LogP contribution is 2.33. The molecule has 32 nitrogen and oxygen atoms in total. The Bertz CT molecular complexity index is 4620. The maximum atomic E-state index is 12.7. The van der Waals surface area contributed by atoms with Crippen molar-refractivity contribution in [3.05, 3.63) is 174 Å².